The third-order valence-electron chi connectivity index (χ3n) is 4.06. The summed E-state index contributed by atoms with van der Waals surface area (Å²) >= 11 is 2.66. The zero-order valence-electron chi connectivity index (χ0n) is 15.6. The zero-order chi connectivity index (χ0) is 19.9. The number of aryl methyl sites for hydroxylation is 1. The SMILES string of the molecule is COc1ccc(COC(=O)CCCSC(C)(C(=O)O)c2scnc2C)cc1. The number of carbonyl (C=O) groups excluding carboxylic acids is 1. The fraction of sp³-hybridized carbons (Fsp3) is 0.421. The van der Waals surface area contributed by atoms with Crippen molar-refractivity contribution in [3.05, 3.63) is 45.9 Å². The molecule has 1 aromatic carbocycles. The van der Waals surface area contributed by atoms with E-state index in [9.17, 15) is 14.7 Å². The van der Waals surface area contributed by atoms with E-state index >= 15 is 0 Å². The van der Waals surface area contributed by atoms with Gasteiger partial charge in [-0.2, -0.15) is 0 Å². The van der Waals surface area contributed by atoms with E-state index in [2.05, 4.69) is 4.98 Å². The van der Waals surface area contributed by atoms with Crippen LogP contribution in [-0.2, 0) is 25.7 Å². The van der Waals surface area contributed by atoms with Crippen LogP contribution in [0.3, 0.4) is 0 Å². The fourth-order valence-electron chi connectivity index (χ4n) is 2.43. The lowest BCUT2D eigenvalue weighted by atomic mass is 10.1. The second-order valence-corrected chi connectivity index (χ2v) is 8.43. The Morgan fingerprint density at radius 2 is 2.00 bits per heavy atom. The zero-order valence-corrected chi connectivity index (χ0v) is 17.2. The standard InChI is InChI=1S/C19H23NO5S2/c1-13-17(26-12-20-13)19(2,18(22)23)27-10-4-5-16(21)25-11-14-6-8-15(24-3)9-7-14/h6-9,12H,4-5,10-11H2,1-3H3,(H,22,23). The Labute approximate surface area is 166 Å². The van der Waals surface area contributed by atoms with Gasteiger partial charge in [0.2, 0.25) is 0 Å². The lowest BCUT2D eigenvalue weighted by Gasteiger charge is -2.23. The Kier molecular flexibility index (Phi) is 7.67. The van der Waals surface area contributed by atoms with Crippen molar-refractivity contribution in [1.29, 1.82) is 0 Å². The van der Waals surface area contributed by atoms with Gasteiger partial charge in [-0.25, -0.2) is 4.98 Å². The lowest BCUT2D eigenvalue weighted by Crippen LogP contribution is -2.29. The Morgan fingerprint density at radius 3 is 2.56 bits per heavy atom. The molecule has 0 aliphatic heterocycles. The van der Waals surface area contributed by atoms with Gasteiger partial charge in [0.15, 0.2) is 0 Å². The van der Waals surface area contributed by atoms with Gasteiger partial charge >= 0.3 is 11.9 Å². The summed E-state index contributed by atoms with van der Waals surface area (Å²) in [6, 6.07) is 7.32. The number of carboxylic acids is 1. The van der Waals surface area contributed by atoms with Crippen molar-refractivity contribution in [3.8, 4) is 5.75 Å². The Bertz CT molecular complexity index is 775. The van der Waals surface area contributed by atoms with Crippen LogP contribution in [0, 0.1) is 6.92 Å². The van der Waals surface area contributed by atoms with Crippen molar-refractivity contribution in [2.24, 2.45) is 0 Å². The molecule has 0 radical (unpaired) electrons. The highest BCUT2D eigenvalue weighted by molar-refractivity contribution is 8.01. The largest absolute Gasteiger partial charge is 0.497 e. The molecule has 8 heteroatoms. The number of thioether (sulfide) groups is 1. The van der Waals surface area contributed by atoms with Crippen molar-refractivity contribution in [1.82, 2.24) is 4.98 Å². The molecule has 0 saturated carbocycles. The summed E-state index contributed by atoms with van der Waals surface area (Å²) in [6.45, 7) is 3.70. The highest BCUT2D eigenvalue weighted by atomic mass is 32.2. The number of carbonyl (C=O) groups is 2. The van der Waals surface area contributed by atoms with E-state index < -0.39 is 10.7 Å². The van der Waals surface area contributed by atoms with Crippen molar-refractivity contribution in [2.75, 3.05) is 12.9 Å². The summed E-state index contributed by atoms with van der Waals surface area (Å²) in [4.78, 5) is 28.5. The molecule has 1 unspecified atom stereocenters. The number of hydrogen-bond acceptors (Lipinski definition) is 7. The third kappa shape index (κ3) is 5.71. The number of thiazole rings is 1. The number of benzene rings is 1. The van der Waals surface area contributed by atoms with E-state index in [0.717, 1.165) is 21.9 Å². The average molecular weight is 410 g/mol. The van der Waals surface area contributed by atoms with E-state index in [4.69, 9.17) is 9.47 Å². The van der Waals surface area contributed by atoms with Crippen molar-refractivity contribution >= 4 is 35.0 Å². The smallest absolute Gasteiger partial charge is 0.324 e. The molecule has 0 aliphatic rings. The van der Waals surface area contributed by atoms with Gasteiger partial charge in [0.1, 0.15) is 17.1 Å². The van der Waals surface area contributed by atoms with Gasteiger partial charge in [0.25, 0.3) is 0 Å². The van der Waals surface area contributed by atoms with Crippen LogP contribution in [0.4, 0.5) is 0 Å². The van der Waals surface area contributed by atoms with Gasteiger partial charge in [-0.3, -0.25) is 9.59 Å². The molecule has 0 fully saturated rings. The second-order valence-electron chi connectivity index (χ2n) is 6.07. The molecule has 0 saturated heterocycles. The molecule has 146 valence electrons. The first-order chi connectivity index (χ1) is 12.9. The Balaban J connectivity index is 1.77. The molecule has 1 heterocycles. The number of rotatable bonds is 10. The molecule has 1 aromatic heterocycles. The molecular formula is C19H23NO5S2. The van der Waals surface area contributed by atoms with Crippen LogP contribution >= 0.6 is 23.1 Å². The number of aliphatic carboxylic acids is 1. The van der Waals surface area contributed by atoms with Gasteiger partial charge in [-0.05, 0) is 43.7 Å². The van der Waals surface area contributed by atoms with Crippen molar-refractivity contribution in [3.63, 3.8) is 0 Å². The first-order valence-corrected chi connectivity index (χ1v) is 10.3. The van der Waals surface area contributed by atoms with Crippen LogP contribution < -0.4 is 4.74 Å². The van der Waals surface area contributed by atoms with Gasteiger partial charge in [0.05, 0.1) is 23.2 Å². The topological polar surface area (TPSA) is 85.7 Å². The number of esters is 1. The maximum absolute atomic E-state index is 11.9. The van der Waals surface area contributed by atoms with Gasteiger partial charge in [-0.15, -0.1) is 23.1 Å². The van der Waals surface area contributed by atoms with Crippen LogP contribution in [0.5, 0.6) is 5.75 Å². The van der Waals surface area contributed by atoms with Crippen molar-refractivity contribution in [2.45, 2.75) is 38.0 Å². The van der Waals surface area contributed by atoms with Gasteiger partial charge < -0.3 is 14.6 Å². The molecule has 27 heavy (non-hydrogen) atoms. The predicted molar refractivity (Wildman–Crippen MR) is 106 cm³/mol. The summed E-state index contributed by atoms with van der Waals surface area (Å²) in [5.74, 6) is 0.0942. The van der Waals surface area contributed by atoms with E-state index in [0.29, 0.717) is 12.2 Å². The number of methoxy groups -OCH3 is 1. The normalized spacial score (nSPS) is 13.0. The Morgan fingerprint density at radius 1 is 1.30 bits per heavy atom. The highest BCUT2D eigenvalue weighted by Crippen LogP contribution is 2.40. The molecule has 6 nitrogen and oxygen atoms in total. The minimum Gasteiger partial charge on any atom is -0.497 e. The maximum atomic E-state index is 11.9. The third-order valence-corrected chi connectivity index (χ3v) is 6.79. The van der Waals surface area contributed by atoms with Crippen LogP contribution in [-0.4, -0.2) is 34.9 Å². The average Bonchev–Trinajstić information content (AvgIpc) is 3.10. The number of aromatic nitrogens is 1. The lowest BCUT2D eigenvalue weighted by molar-refractivity contribution is -0.145. The molecule has 2 rings (SSSR count). The summed E-state index contributed by atoms with van der Waals surface area (Å²) < 4.78 is 9.29. The van der Waals surface area contributed by atoms with Gasteiger partial charge in [0, 0.05) is 6.42 Å². The molecular weight excluding hydrogens is 386 g/mol. The van der Waals surface area contributed by atoms with Crippen molar-refractivity contribution < 1.29 is 24.2 Å². The molecule has 1 N–H and O–H groups in total. The van der Waals surface area contributed by atoms with E-state index in [-0.39, 0.29) is 19.0 Å². The van der Waals surface area contributed by atoms with E-state index in [1.165, 1.54) is 23.1 Å². The van der Waals surface area contributed by atoms with Crippen LogP contribution in [0.2, 0.25) is 0 Å². The number of nitrogens with zero attached hydrogens (tertiary/aromatic N) is 1. The minimum atomic E-state index is -1.06. The minimum absolute atomic E-state index is 0.211. The summed E-state index contributed by atoms with van der Waals surface area (Å²) in [7, 11) is 1.60. The number of ether oxygens (including phenoxy) is 2. The van der Waals surface area contributed by atoms with Crippen LogP contribution in [0.15, 0.2) is 29.8 Å². The first-order valence-electron chi connectivity index (χ1n) is 8.43. The quantitative estimate of drug-likeness (QED) is 0.468. The molecule has 2 aromatic rings. The van der Waals surface area contributed by atoms with Gasteiger partial charge in [-0.1, -0.05) is 12.1 Å². The molecule has 0 aliphatic carbocycles. The van der Waals surface area contributed by atoms with E-state index in [1.807, 2.05) is 31.2 Å². The summed E-state index contributed by atoms with van der Waals surface area (Å²) in [5, 5.41) is 9.64. The summed E-state index contributed by atoms with van der Waals surface area (Å²) in [6.07, 6.45) is 0.799. The molecule has 1 atom stereocenters. The van der Waals surface area contributed by atoms with E-state index in [1.54, 1.807) is 19.5 Å². The first kappa shape index (κ1) is 21.2. The molecule has 0 amide bonds. The monoisotopic (exact) mass is 409 g/mol. The van der Waals surface area contributed by atoms with Crippen LogP contribution in [0.1, 0.15) is 35.9 Å². The molecule has 0 spiro atoms. The number of carboxylic acid groups (broad SMARTS) is 1. The summed E-state index contributed by atoms with van der Waals surface area (Å²) in [5.41, 5.74) is 3.28. The fourth-order valence-corrected chi connectivity index (χ4v) is 4.71. The highest BCUT2D eigenvalue weighted by Gasteiger charge is 2.38. The Hall–Kier alpha value is -2.06. The maximum Gasteiger partial charge on any atom is 0.324 e. The second kappa shape index (κ2) is 9.75. The van der Waals surface area contributed by atoms with Crippen LogP contribution in [0.25, 0.3) is 0 Å². The predicted octanol–water partition coefficient (Wildman–Crippen LogP) is 4.02. The molecule has 0 bridgehead atoms. The number of hydrogen-bond donors (Lipinski definition) is 1.